The molecule has 8 nitrogen and oxygen atoms in total. The molecule has 0 saturated carbocycles. The van der Waals surface area contributed by atoms with Gasteiger partial charge in [-0.15, -0.1) is 0 Å². The lowest BCUT2D eigenvalue weighted by atomic mass is 9.99. The number of amides is 2. The maximum absolute atomic E-state index is 12.4. The summed E-state index contributed by atoms with van der Waals surface area (Å²) in [6.07, 6.45) is 1.32. The molecule has 136 valence electrons. The van der Waals surface area contributed by atoms with E-state index >= 15 is 0 Å². The van der Waals surface area contributed by atoms with Gasteiger partial charge in [0, 0.05) is 30.2 Å². The second-order valence-electron chi connectivity index (χ2n) is 6.48. The number of hydrogen-bond donors (Lipinski definition) is 3. The Morgan fingerprint density at radius 3 is 2.69 bits per heavy atom. The van der Waals surface area contributed by atoms with E-state index in [-0.39, 0.29) is 30.5 Å². The number of aliphatic carboxylic acids is 1. The molecule has 0 radical (unpaired) electrons. The molecular formula is C18H19N3O5. The predicted octanol–water partition coefficient (Wildman–Crippen LogP) is 0.437. The molecule has 0 bridgehead atoms. The summed E-state index contributed by atoms with van der Waals surface area (Å²) >= 11 is 0. The number of aromatic amines is 1. The Morgan fingerprint density at radius 1 is 1.27 bits per heavy atom. The molecular weight excluding hydrogens is 338 g/mol. The molecule has 1 aliphatic rings. The highest BCUT2D eigenvalue weighted by molar-refractivity contribution is 5.98. The van der Waals surface area contributed by atoms with Gasteiger partial charge in [0.05, 0.1) is 12.5 Å². The number of carbonyl (C=O) groups is 3. The average Bonchev–Trinajstić information content (AvgIpc) is 3.02. The Morgan fingerprint density at radius 2 is 2.00 bits per heavy atom. The number of benzene rings is 1. The van der Waals surface area contributed by atoms with Crippen molar-refractivity contribution >= 4 is 28.7 Å². The number of carboxylic acids is 1. The standard InChI is InChI=1S/C18H19N3O5/c1-10-8-21(9-13(10)18(25)26)15(22)7-20-17(24)12-6-19-14-5-3-2-4-11(14)16(12)23/h2-6,10,13H,7-9H2,1H3,(H,19,23)(H,20,24)(H,25,26)/t10-,13-/m1/s1. The molecule has 1 saturated heterocycles. The number of carbonyl (C=O) groups excluding carboxylic acids is 2. The minimum Gasteiger partial charge on any atom is -0.481 e. The fraction of sp³-hybridized carbons (Fsp3) is 0.333. The summed E-state index contributed by atoms with van der Waals surface area (Å²) in [5, 5.41) is 12.0. The Hall–Kier alpha value is -3.16. The van der Waals surface area contributed by atoms with Crippen LogP contribution in [0.1, 0.15) is 17.3 Å². The summed E-state index contributed by atoms with van der Waals surface area (Å²) in [7, 11) is 0. The summed E-state index contributed by atoms with van der Waals surface area (Å²) < 4.78 is 0. The van der Waals surface area contributed by atoms with E-state index in [4.69, 9.17) is 5.11 Å². The largest absolute Gasteiger partial charge is 0.481 e. The highest BCUT2D eigenvalue weighted by atomic mass is 16.4. The maximum atomic E-state index is 12.4. The van der Waals surface area contributed by atoms with Crippen LogP contribution in [0, 0.1) is 11.8 Å². The Bertz CT molecular complexity index is 936. The third-order valence-electron chi connectivity index (χ3n) is 4.72. The van der Waals surface area contributed by atoms with Gasteiger partial charge in [0.1, 0.15) is 5.56 Å². The first-order chi connectivity index (χ1) is 12.4. The molecule has 1 aliphatic heterocycles. The van der Waals surface area contributed by atoms with E-state index in [2.05, 4.69) is 10.3 Å². The van der Waals surface area contributed by atoms with Gasteiger partial charge in [-0.05, 0) is 18.1 Å². The topological polar surface area (TPSA) is 120 Å². The number of aromatic nitrogens is 1. The number of likely N-dealkylation sites (tertiary alicyclic amines) is 1. The number of hydrogen-bond acceptors (Lipinski definition) is 4. The summed E-state index contributed by atoms with van der Waals surface area (Å²) in [5.41, 5.74) is 0.135. The van der Waals surface area contributed by atoms with Crippen molar-refractivity contribution in [2.75, 3.05) is 19.6 Å². The average molecular weight is 357 g/mol. The van der Waals surface area contributed by atoms with Gasteiger partial charge < -0.3 is 20.3 Å². The second kappa shape index (κ2) is 6.99. The second-order valence-corrected chi connectivity index (χ2v) is 6.48. The van der Waals surface area contributed by atoms with Gasteiger partial charge in [-0.25, -0.2) is 0 Å². The number of nitrogens with zero attached hydrogens (tertiary/aromatic N) is 1. The van der Waals surface area contributed by atoms with E-state index in [1.807, 2.05) is 0 Å². The van der Waals surface area contributed by atoms with Gasteiger partial charge in [-0.2, -0.15) is 0 Å². The van der Waals surface area contributed by atoms with Crippen LogP contribution >= 0.6 is 0 Å². The number of nitrogens with one attached hydrogen (secondary N) is 2. The number of carboxylic acid groups (broad SMARTS) is 1. The van der Waals surface area contributed by atoms with Crippen LogP contribution in [0.4, 0.5) is 0 Å². The molecule has 3 N–H and O–H groups in total. The third kappa shape index (κ3) is 3.30. The fourth-order valence-electron chi connectivity index (χ4n) is 3.19. The monoisotopic (exact) mass is 357 g/mol. The van der Waals surface area contributed by atoms with Crippen molar-refractivity contribution in [2.24, 2.45) is 11.8 Å². The van der Waals surface area contributed by atoms with E-state index in [0.717, 1.165) is 0 Å². The SMILES string of the molecule is C[C@@H]1CN(C(=O)CNC(=O)c2c[nH]c3ccccc3c2=O)C[C@H]1C(=O)O. The Balaban J connectivity index is 1.66. The summed E-state index contributed by atoms with van der Waals surface area (Å²) in [6.45, 7) is 1.95. The smallest absolute Gasteiger partial charge is 0.308 e. The Kier molecular flexibility index (Phi) is 4.75. The van der Waals surface area contributed by atoms with E-state index < -0.39 is 23.2 Å². The molecule has 2 amide bonds. The molecule has 0 unspecified atom stereocenters. The lowest BCUT2D eigenvalue weighted by Crippen LogP contribution is -2.40. The molecule has 1 fully saturated rings. The molecule has 3 rings (SSSR count). The van der Waals surface area contributed by atoms with Gasteiger partial charge >= 0.3 is 5.97 Å². The first kappa shape index (κ1) is 17.7. The van der Waals surface area contributed by atoms with Crippen molar-refractivity contribution in [1.29, 1.82) is 0 Å². The zero-order valence-electron chi connectivity index (χ0n) is 14.2. The van der Waals surface area contributed by atoms with Gasteiger partial charge in [-0.1, -0.05) is 19.1 Å². The molecule has 2 heterocycles. The van der Waals surface area contributed by atoms with Crippen molar-refractivity contribution in [3.05, 3.63) is 46.2 Å². The lowest BCUT2D eigenvalue weighted by Gasteiger charge is -2.16. The summed E-state index contributed by atoms with van der Waals surface area (Å²) in [4.78, 5) is 52.3. The maximum Gasteiger partial charge on any atom is 0.308 e. The van der Waals surface area contributed by atoms with Crippen molar-refractivity contribution in [2.45, 2.75) is 6.92 Å². The van der Waals surface area contributed by atoms with Crippen molar-refractivity contribution < 1.29 is 19.5 Å². The van der Waals surface area contributed by atoms with Crippen LogP contribution in [0.15, 0.2) is 35.3 Å². The van der Waals surface area contributed by atoms with Crippen LogP contribution in [-0.4, -0.2) is 52.4 Å². The van der Waals surface area contributed by atoms with E-state index in [1.165, 1.54) is 11.1 Å². The lowest BCUT2D eigenvalue weighted by molar-refractivity contribution is -0.142. The number of fused-ring (bicyclic) bond motifs is 1. The van der Waals surface area contributed by atoms with Crippen molar-refractivity contribution in [1.82, 2.24) is 15.2 Å². The van der Waals surface area contributed by atoms with Crippen LogP contribution in [0.25, 0.3) is 10.9 Å². The first-order valence-electron chi connectivity index (χ1n) is 8.27. The van der Waals surface area contributed by atoms with Gasteiger partial charge in [0.15, 0.2) is 0 Å². The van der Waals surface area contributed by atoms with Crippen LogP contribution in [0.5, 0.6) is 0 Å². The summed E-state index contributed by atoms with van der Waals surface area (Å²) in [6, 6.07) is 6.83. The van der Waals surface area contributed by atoms with Crippen LogP contribution in [-0.2, 0) is 9.59 Å². The minimum absolute atomic E-state index is 0.0743. The predicted molar refractivity (Wildman–Crippen MR) is 93.8 cm³/mol. The number of pyridine rings is 1. The number of rotatable bonds is 4. The molecule has 1 aromatic carbocycles. The van der Waals surface area contributed by atoms with E-state index in [1.54, 1.807) is 31.2 Å². The molecule has 8 heteroatoms. The zero-order valence-corrected chi connectivity index (χ0v) is 14.2. The third-order valence-corrected chi connectivity index (χ3v) is 4.72. The van der Waals surface area contributed by atoms with Gasteiger partial charge in [-0.3, -0.25) is 19.2 Å². The molecule has 2 atom stereocenters. The zero-order chi connectivity index (χ0) is 18.8. The van der Waals surface area contributed by atoms with E-state index in [9.17, 15) is 19.2 Å². The van der Waals surface area contributed by atoms with Crippen LogP contribution in [0.3, 0.4) is 0 Å². The minimum atomic E-state index is -0.931. The summed E-state index contributed by atoms with van der Waals surface area (Å²) in [5.74, 6) is -2.69. The Labute approximate surface area is 148 Å². The van der Waals surface area contributed by atoms with Gasteiger partial charge in [0.25, 0.3) is 5.91 Å². The molecule has 0 aliphatic carbocycles. The quantitative estimate of drug-likeness (QED) is 0.733. The first-order valence-corrected chi connectivity index (χ1v) is 8.27. The van der Waals surface area contributed by atoms with Crippen LogP contribution in [0.2, 0.25) is 0 Å². The normalized spacial score (nSPS) is 19.5. The molecule has 0 spiro atoms. The van der Waals surface area contributed by atoms with E-state index in [0.29, 0.717) is 17.4 Å². The molecule has 1 aromatic heterocycles. The number of H-pyrrole nitrogens is 1. The fourth-order valence-corrected chi connectivity index (χ4v) is 3.19. The van der Waals surface area contributed by atoms with Crippen LogP contribution < -0.4 is 10.7 Å². The molecule has 2 aromatic rings. The molecule has 26 heavy (non-hydrogen) atoms. The highest BCUT2D eigenvalue weighted by Crippen LogP contribution is 2.22. The van der Waals surface area contributed by atoms with Crippen molar-refractivity contribution in [3.63, 3.8) is 0 Å². The van der Waals surface area contributed by atoms with Crippen molar-refractivity contribution in [3.8, 4) is 0 Å². The number of para-hydroxylation sites is 1. The van der Waals surface area contributed by atoms with Gasteiger partial charge in [0.2, 0.25) is 11.3 Å². The highest BCUT2D eigenvalue weighted by Gasteiger charge is 2.36.